The van der Waals surface area contributed by atoms with E-state index in [4.69, 9.17) is 0 Å². The SMILES string of the molecule is O=[N+]([O-])c1c(Nc2ccc(F)cc2F)ncnc1Nc1cc(F)ccc1F. The molecule has 0 aliphatic rings. The third-order valence-corrected chi connectivity index (χ3v) is 3.37. The first-order valence-corrected chi connectivity index (χ1v) is 7.28. The number of anilines is 4. The van der Waals surface area contributed by atoms with Crippen LogP contribution in [0.5, 0.6) is 0 Å². The molecule has 3 aromatic rings. The molecule has 0 unspecified atom stereocenters. The Balaban J connectivity index is 2.02. The largest absolute Gasteiger partial charge is 0.353 e. The molecule has 2 aromatic carbocycles. The van der Waals surface area contributed by atoms with Crippen LogP contribution in [0.3, 0.4) is 0 Å². The summed E-state index contributed by atoms with van der Waals surface area (Å²) in [6, 6.07) is 5.04. The molecule has 2 N–H and O–H groups in total. The Hall–Kier alpha value is -3.76. The van der Waals surface area contributed by atoms with Crippen LogP contribution in [-0.2, 0) is 0 Å². The molecule has 1 heterocycles. The lowest BCUT2D eigenvalue weighted by molar-refractivity contribution is -0.383. The van der Waals surface area contributed by atoms with Gasteiger partial charge in [0.1, 0.15) is 29.6 Å². The van der Waals surface area contributed by atoms with Gasteiger partial charge in [-0.1, -0.05) is 0 Å². The molecule has 0 radical (unpaired) electrons. The van der Waals surface area contributed by atoms with Gasteiger partial charge in [-0.2, -0.15) is 0 Å². The summed E-state index contributed by atoms with van der Waals surface area (Å²) >= 11 is 0. The standard InChI is InChI=1S/C16H9F4N5O2/c17-8-2-4-12(11(20)5-8)23-15-14(25(26)27)16(22-7-21-15)24-13-6-9(18)1-3-10(13)19/h1-7H,(H2,21,22,23,24). The summed E-state index contributed by atoms with van der Waals surface area (Å²) in [5.41, 5.74) is -1.42. The molecule has 11 heteroatoms. The lowest BCUT2D eigenvalue weighted by Crippen LogP contribution is -2.07. The van der Waals surface area contributed by atoms with E-state index in [9.17, 15) is 27.7 Å². The first kappa shape index (κ1) is 18.0. The van der Waals surface area contributed by atoms with Crippen molar-refractivity contribution >= 4 is 28.7 Å². The molecule has 0 saturated heterocycles. The second-order valence-corrected chi connectivity index (χ2v) is 5.17. The number of benzene rings is 2. The number of nitrogens with zero attached hydrogens (tertiary/aromatic N) is 3. The normalized spacial score (nSPS) is 10.5. The van der Waals surface area contributed by atoms with Gasteiger partial charge in [-0.25, -0.2) is 27.5 Å². The van der Waals surface area contributed by atoms with E-state index in [0.717, 1.165) is 36.7 Å². The summed E-state index contributed by atoms with van der Waals surface area (Å²) in [5, 5.41) is 16.1. The van der Waals surface area contributed by atoms with Gasteiger partial charge in [-0.3, -0.25) is 10.1 Å². The van der Waals surface area contributed by atoms with Crippen molar-refractivity contribution in [2.75, 3.05) is 10.6 Å². The zero-order valence-electron chi connectivity index (χ0n) is 13.2. The highest BCUT2D eigenvalue weighted by atomic mass is 19.1. The van der Waals surface area contributed by atoms with Crippen molar-refractivity contribution in [3.05, 3.63) is 76.1 Å². The Morgan fingerprint density at radius 2 is 1.41 bits per heavy atom. The number of hydrogen-bond donors (Lipinski definition) is 2. The van der Waals surface area contributed by atoms with Crippen LogP contribution in [0.15, 0.2) is 42.7 Å². The molecule has 0 saturated carbocycles. The average molecular weight is 379 g/mol. The van der Waals surface area contributed by atoms with Gasteiger partial charge in [0.2, 0.25) is 11.6 Å². The lowest BCUT2D eigenvalue weighted by Gasteiger charge is -2.11. The zero-order chi connectivity index (χ0) is 19.6. The predicted molar refractivity (Wildman–Crippen MR) is 88.0 cm³/mol. The van der Waals surface area contributed by atoms with Crippen molar-refractivity contribution in [2.45, 2.75) is 0 Å². The second-order valence-electron chi connectivity index (χ2n) is 5.17. The minimum absolute atomic E-state index is 0.277. The van der Waals surface area contributed by atoms with E-state index in [-0.39, 0.29) is 5.69 Å². The molecule has 0 spiro atoms. The average Bonchev–Trinajstić information content (AvgIpc) is 2.60. The minimum Gasteiger partial charge on any atom is -0.332 e. The summed E-state index contributed by atoms with van der Waals surface area (Å²) in [6.45, 7) is 0. The minimum atomic E-state index is -1.01. The Morgan fingerprint density at radius 1 is 0.815 bits per heavy atom. The van der Waals surface area contributed by atoms with Gasteiger partial charge >= 0.3 is 5.69 Å². The van der Waals surface area contributed by atoms with Crippen LogP contribution < -0.4 is 10.6 Å². The van der Waals surface area contributed by atoms with Crippen LogP contribution in [0.1, 0.15) is 0 Å². The van der Waals surface area contributed by atoms with E-state index in [1.807, 2.05) is 0 Å². The predicted octanol–water partition coefficient (Wildman–Crippen LogP) is 4.43. The third-order valence-electron chi connectivity index (χ3n) is 3.37. The maximum atomic E-state index is 13.8. The smallest absolute Gasteiger partial charge is 0.332 e. The zero-order valence-corrected chi connectivity index (χ0v) is 13.2. The van der Waals surface area contributed by atoms with Gasteiger partial charge in [0.25, 0.3) is 0 Å². The summed E-state index contributed by atoms with van der Waals surface area (Å²) in [5.74, 6) is -4.37. The van der Waals surface area contributed by atoms with Crippen LogP contribution in [-0.4, -0.2) is 14.9 Å². The summed E-state index contributed by atoms with van der Waals surface area (Å²) in [6.07, 6.45) is 0.899. The van der Waals surface area contributed by atoms with E-state index in [2.05, 4.69) is 20.6 Å². The van der Waals surface area contributed by atoms with E-state index in [0.29, 0.717) is 6.07 Å². The highest BCUT2D eigenvalue weighted by molar-refractivity contribution is 5.76. The highest BCUT2D eigenvalue weighted by Crippen LogP contribution is 2.34. The van der Waals surface area contributed by atoms with Crippen LogP contribution in [0.25, 0.3) is 0 Å². The van der Waals surface area contributed by atoms with Crippen molar-refractivity contribution in [1.29, 1.82) is 0 Å². The molecule has 0 aliphatic heterocycles. The molecular weight excluding hydrogens is 370 g/mol. The molecule has 0 bridgehead atoms. The molecule has 7 nitrogen and oxygen atoms in total. The van der Waals surface area contributed by atoms with Crippen molar-refractivity contribution in [2.24, 2.45) is 0 Å². The Morgan fingerprint density at radius 3 is 2.04 bits per heavy atom. The first-order valence-electron chi connectivity index (χ1n) is 7.28. The Kier molecular flexibility index (Phi) is 4.83. The highest BCUT2D eigenvalue weighted by Gasteiger charge is 2.24. The lowest BCUT2D eigenvalue weighted by atomic mass is 10.2. The van der Waals surface area contributed by atoms with Gasteiger partial charge in [-0.05, 0) is 24.3 Å². The summed E-state index contributed by atoms with van der Waals surface area (Å²) in [7, 11) is 0. The number of halogens is 4. The maximum Gasteiger partial charge on any atom is 0.353 e. The van der Waals surface area contributed by atoms with Crippen molar-refractivity contribution in [1.82, 2.24) is 9.97 Å². The van der Waals surface area contributed by atoms with E-state index in [1.165, 1.54) is 0 Å². The molecule has 0 atom stereocenters. The quantitative estimate of drug-likeness (QED) is 0.387. The van der Waals surface area contributed by atoms with Gasteiger partial charge < -0.3 is 10.6 Å². The van der Waals surface area contributed by atoms with E-state index < -0.39 is 51.2 Å². The van der Waals surface area contributed by atoms with E-state index >= 15 is 0 Å². The molecule has 1 aromatic heterocycles. The van der Waals surface area contributed by atoms with Gasteiger partial charge in [0.15, 0.2) is 0 Å². The molecule has 138 valence electrons. The molecule has 27 heavy (non-hydrogen) atoms. The Bertz CT molecular complexity index is 1030. The van der Waals surface area contributed by atoms with Crippen molar-refractivity contribution < 1.29 is 22.5 Å². The monoisotopic (exact) mass is 379 g/mol. The topological polar surface area (TPSA) is 93.0 Å². The van der Waals surface area contributed by atoms with Crippen LogP contribution in [0, 0.1) is 33.4 Å². The van der Waals surface area contributed by atoms with E-state index in [1.54, 1.807) is 0 Å². The van der Waals surface area contributed by atoms with Crippen molar-refractivity contribution in [3.63, 3.8) is 0 Å². The molecule has 0 fully saturated rings. The fraction of sp³-hybridized carbons (Fsp3) is 0. The fourth-order valence-corrected chi connectivity index (χ4v) is 2.17. The second kappa shape index (κ2) is 7.23. The number of nitro groups is 1. The van der Waals surface area contributed by atoms with Gasteiger partial charge in [0, 0.05) is 12.1 Å². The maximum absolute atomic E-state index is 13.8. The van der Waals surface area contributed by atoms with Gasteiger partial charge in [0.05, 0.1) is 16.3 Å². The molecule has 0 amide bonds. The van der Waals surface area contributed by atoms with Crippen LogP contribution in [0.2, 0.25) is 0 Å². The summed E-state index contributed by atoms with van der Waals surface area (Å²) in [4.78, 5) is 17.9. The number of hydrogen-bond acceptors (Lipinski definition) is 6. The van der Waals surface area contributed by atoms with Gasteiger partial charge in [-0.15, -0.1) is 0 Å². The number of aromatic nitrogens is 2. The third kappa shape index (κ3) is 3.92. The van der Waals surface area contributed by atoms with Crippen LogP contribution >= 0.6 is 0 Å². The number of nitrogens with one attached hydrogen (secondary N) is 2. The summed E-state index contributed by atoms with van der Waals surface area (Å²) < 4.78 is 53.9. The first-order chi connectivity index (χ1) is 12.8. The fourth-order valence-electron chi connectivity index (χ4n) is 2.17. The van der Waals surface area contributed by atoms with Crippen molar-refractivity contribution in [3.8, 4) is 0 Å². The molecule has 0 aliphatic carbocycles. The molecule has 3 rings (SSSR count). The number of rotatable bonds is 5. The molecular formula is C16H9F4N5O2. The Labute approximate surface area is 148 Å². The van der Waals surface area contributed by atoms with Crippen LogP contribution in [0.4, 0.5) is 46.3 Å².